The summed E-state index contributed by atoms with van der Waals surface area (Å²) in [4.78, 5) is 11.0. The largest absolute Gasteiger partial charge is 0.368 e. The lowest BCUT2D eigenvalue weighted by Gasteiger charge is -2.07. The minimum atomic E-state index is -0.167. The van der Waals surface area contributed by atoms with Crippen LogP contribution in [0, 0.1) is 0 Å². The molecule has 0 aromatic carbocycles. The van der Waals surface area contributed by atoms with Crippen molar-refractivity contribution >= 4 is 5.91 Å². The predicted octanol–water partition coefficient (Wildman–Crippen LogP) is 0.301. The molecule has 0 saturated carbocycles. The average Bonchev–Trinajstić information content (AvgIpc) is 2.38. The third kappa shape index (κ3) is 1.70. The molecule has 1 rings (SSSR count). The number of amides is 1. The molecule has 1 saturated heterocycles. The number of ether oxygens (including phenoxy) is 1. The number of carbonyl (C=O) groups excluding carboxylic acids is 1. The van der Waals surface area contributed by atoms with E-state index in [1.165, 1.54) is 0 Å². The van der Waals surface area contributed by atoms with Gasteiger partial charge in [0.05, 0.1) is 0 Å². The molecular weight excluding hydrogens is 130 g/mol. The molecule has 1 N–H and O–H groups in total. The summed E-state index contributed by atoms with van der Waals surface area (Å²) in [5.74, 6) is 0.0417. The second-order valence-electron chi connectivity index (χ2n) is 2.40. The van der Waals surface area contributed by atoms with Crippen LogP contribution in [0.25, 0.3) is 0 Å². The van der Waals surface area contributed by atoms with E-state index in [-0.39, 0.29) is 12.0 Å². The van der Waals surface area contributed by atoms with Crippen LogP contribution in [0.2, 0.25) is 0 Å². The lowest BCUT2D eigenvalue weighted by molar-refractivity contribution is -0.129. The molecule has 1 heterocycles. The molecule has 3 nitrogen and oxygen atoms in total. The Labute approximate surface area is 60.7 Å². The molecule has 1 amide bonds. The van der Waals surface area contributed by atoms with Crippen LogP contribution in [0.4, 0.5) is 0 Å². The van der Waals surface area contributed by atoms with Gasteiger partial charge in [0, 0.05) is 13.2 Å². The van der Waals surface area contributed by atoms with Crippen molar-refractivity contribution in [1.29, 1.82) is 0 Å². The first-order chi connectivity index (χ1) is 4.84. The second kappa shape index (κ2) is 3.56. The minimum absolute atomic E-state index is 0.0417. The molecule has 0 aromatic heterocycles. The third-order valence-electron chi connectivity index (χ3n) is 1.57. The maximum atomic E-state index is 11.0. The third-order valence-corrected chi connectivity index (χ3v) is 1.57. The van der Waals surface area contributed by atoms with Crippen molar-refractivity contribution < 1.29 is 9.53 Å². The highest BCUT2D eigenvalue weighted by atomic mass is 16.5. The van der Waals surface area contributed by atoms with E-state index in [4.69, 9.17) is 4.74 Å². The van der Waals surface area contributed by atoms with Gasteiger partial charge < -0.3 is 10.1 Å². The summed E-state index contributed by atoms with van der Waals surface area (Å²) in [7, 11) is 0. The Hall–Kier alpha value is -0.570. The molecule has 10 heavy (non-hydrogen) atoms. The number of rotatable bonds is 2. The quantitative estimate of drug-likeness (QED) is 0.603. The molecule has 1 aliphatic rings. The molecule has 0 aliphatic carbocycles. The Morgan fingerprint density at radius 3 is 3.10 bits per heavy atom. The summed E-state index contributed by atoms with van der Waals surface area (Å²) in [6, 6.07) is 0. The molecular formula is C7H13NO2. The highest BCUT2D eigenvalue weighted by Gasteiger charge is 2.22. The Balaban J connectivity index is 2.25. The van der Waals surface area contributed by atoms with Crippen LogP contribution in [0.5, 0.6) is 0 Å². The molecule has 1 aliphatic heterocycles. The standard InChI is InChI=1S/C7H13NO2/c1-2-8-7(9)6-4-3-5-10-6/h6H,2-5H2,1H3,(H,8,9)/t6-/m0/s1. The lowest BCUT2D eigenvalue weighted by Crippen LogP contribution is -2.33. The van der Waals surface area contributed by atoms with Gasteiger partial charge in [-0.3, -0.25) is 4.79 Å². The first-order valence-corrected chi connectivity index (χ1v) is 3.74. The van der Waals surface area contributed by atoms with Crippen molar-refractivity contribution in [2.75, 3.05) is 13.2 Å². The highest BCUT2D eigenvalue weighted by Crippen LogP contribution is 2.11. The predicted molar refractivity (Wildman–Crippen MR) is 37.7 cm³/mol. The monoisotopic (exact) mass is 143 g/mol. The van der Waals surface area contributed by atoms with Gasteiger partial charge in [-0.15, -0.1) is 0 Å². The summed E-state index contributed by atoms with van der Waals surface area (Å²) in [6.45, 7) is 3.34. The van der Waals surface area contributed by atoms with Crippen molar-refractivity contribution in [3.05, 3.63) is 0 Å². The topological polar surface area (TPSA) is 38.3 Å². The van der Waals surface area contributed by atoms with Gasteiger partial charge in [-0.1, -0.05) is 0 Å². The zero-order valence-corrected chi connectivity index (χ0v) is 6.22. The molecule has 0 unspecified atom stereocenters. The van der Waals surface area contributed by atoms with Gasteiger partial charge in [-0.25, -0.2) is 0 Å². The molecule has 58 valence electrons. The fourth-order valence-corrected chi connectivity index (χ4v) is 1.07. The first-order valence-electron chi connectivity index (χ1n) is 3.74. The fraction of sp³-hybridized carbons (Fsp3) is 0.857. The van der Waals surface area contributed by atoms with E-state index in [0.717, 1.165) is 19.4 Å². The Bertz CT molecular complexity index is 119. The summed E-state index contributed by atoms with van der Waals surface area (Å²) in [6.07, 6.45) is 1.73. The van der Waals surface area contributed by atoms with Gasteiger partial charge in [-0.05, 0) is 19.8 Å². The number of hydrogen-bond acceptors (Lipinski definition) is 2. The number of hydrogen-bond donors (Lipinski definition) is 1. The highest BCUT2D eigenvalue weighted by molar-refractivity contribution is 5.80. The summed E-state index contributed by atoms with van der Waals surface area (Å²) in [5, 5.41) is 2.72. The van der Waals surface area contributed by atoms with Crippen LogP contribution in [-0.2, 0) is 9.53 Å². The van der Waals surface area contributed by atoms with E-state index < -0.39 is 0 Å². The van der Waals surface area contributed by atoms with Gasteiger partial charge in [0.2, 0.25) is 5.91 Å². The minimum Gasteiger partial charge on any atom is -0.368 e. The van der Waals surface area contributed by atoms with Gasteiger partial charge in [0.15, 0.2) is 0 Å². The molecule has 0 spiro atoms. The van der Waals surface area contributed by atoms with Crippen molar-refractivity contribution in [2.24, 2.45) is 0 Å². The maximum absolute atomic E-state index is 11.0. The zero-order valence-electron chi connectivity index (χ0n) is 6.22. The Morgan fingerprint density at radius 2 is 2.60 bits per heavy atom. The number of carbonyl (C=O) groups is 1. The average molecular weight is 143 g/mol. The van der Waals surface area contributed by atoms with E-state index in [0.29, 0.717) is 6.54 Å². The molecule has 1 fully saturated rings. The van der Waals surface area contributed by atoms with Crippen molar-refractivity contribution in [2.45, 2.75) is 25.9 Å². The van der Waals surface area contributed by atoms with E-state index in [2.05, 4.69) is 5.32 Å². The van der Waals surface area contributed by atoms with Crippen LogP contribution in [0.1, 0.15) is 19.8 Å². The summed E-state index contributed by atoms with van der Waals surface area (Å²) in [5.41, 5.74) is 0. The zero-order chi connectivity index (χ0) is 7.40. The van der Waals surface area contributed by atoms with Crippen LogP contribution in [0.3, 0.4) is 0 Å². The van der Waals surface area contributed by atoms with Crippen LogP contribution in [-0.4, -0.2) is 25.2 Å². The number of likely N-dealkylation sites (N-methyl/N-ethyl adjacent to an activating group) is 1. The van der Waals surface area contributed by atoms with Crippen LogP contribution in [0.15, 0.2) is 0 Å². The first kappa shape index (κ1) is 7.54. The maximum Gasteiger partial charge on any atom is 0.249 e. The fourth-order valence-electron chi connectivity index (χ4n) is 1.07. The van der Waals surface area contributed by atoms with Crippen LogP contribution < -0.4 is 5.32 Å². The molecule has 3 heteroatoms. The van der Waals surface area contributed by atoms with Gasteiger partial charge in [0.1, 0.15) is 6.10 Å². The van der Waals surface area contributed by atoms with E-state index in [9.17, 15) is 4.79 Å². The van der Waals surface area contributed by atoms with E-state index >= 15 is 0 Å². The summed E-state index contributed by atoms with van der Waals surface area (Å²) >= 11 is 0. The lowest BCUT2D eigenvalue weighted by atomic mass is 10.2. The van der Waals surface area contributed by atoms with Gasteiger partial charge >= 0.3 is 0 Å². The van der Waals surface area contributed by atoms with Crippen LogP contribution >= 0.6 is 0 Å². The Morgan fingerprint density at radius 1 is 1.80 bits per heavy atom. The molecule has 1 atom stereocenters. The Kier molecular flexibility index (Phi) is 2.68. The molecule has 0 aromatic rings. The normalized spacial score (nSPS) is 24.7. The summed E-state index contributed by atoms with van der Waals surface area (Å²) < 4.78 is 5.16. The van der Waals surface area contributed by atoms with Crippen molar-refractivity contribution in [3.8, 4) is 0 Å². The van der Waals surface area contributed by atoms with E-state index in [1.807, 2.05) is 6.92 Å². The second-order valence-corrected chi connectivity index (χ2v) is 2.40. The number of nitrogens with one attached hydrogen (secondary N) is 1. The van der Waals surface area contributed by atoms with Crippen molar-refractivity contribution in [3.63, 3.8) is 0 Å². The molecule has 0 radical (unpaired) electrons. The molecule has 0 bridgehead atoms. The smallest absolute Gasteiger partial charge is 0.249 e. The van der Waals surface area contributed by atoms with Crippen molar-refractivity contribution in [1.82, 2.24) is 5.32 Å². The van der Waals surface area contributed by atoms with Gasteiger partial charge in [0.25, 0.3) is 0 Å². The van der Waals surface area contributed by atoms with E-state index in [1.54, 1.807) is 0 Å². The van der Waals surface area contributed by atoms with Gasteiger partial charge in [-0.2, -0.15) is 0 Å². The SMILES string of the molecule is CCNC(=O)[C@@H]1CCCO1.